The third-order valence-electron chi connectivity index (χ3n) is 3.50. The molecule has 0 saturated heterocycles. The minimum atomic E-state index is -0.0257. The SMILES string of the molecule is O=C(CNCC1CC1)NCc1nc(-c2ccc(Br)cc2)n[nH]1. The molecule has 1 fully saturated rings. The number of nitrogens with one attached hydrogen (secondary N) is 3. The summed E-state index contributed by atoms with van der Waals surface area (Å²) in [5.41, 5.74) is 0.933. The van der Waals surface area contributed by atoms with E-state index in [0.717, 1.165) is 22.5 Å². The Kier molecular flexibility index (Phi) is 4.84. The van der Waals surface area contributed by atoms with Gasteiger partial charge < -0.3 is 10.6 Å². The predicted molar refractivity (Wildman–Crippen MR) is 87.0 cm³/mol. The van der Waals surface area contributed by atoms with Gasteiger partial charge in [0.25, 0.3) is 0 Å². The van der Waals surface area contributed by atoms with Crippen LogP contribution < -0.4 is 10.6 Å². The fourth-order valence-electron chi connectivity index (χ4n) is 2.06. The molecule has 1 aromatic heterocycles. The van der Waals surface area contributed by atoms with Gasteiger partial charge in [-0.05, 0) is 37.4 Å². The van der Waals surface area contributed by atoms with Crippen LogP contribution in [0.2, 0.25) is 0 Å². The van der Waals surface area contributed by atoms with Crippen molar-refractivity contribution in [3.05, 3.63) is 34.6 Å². The van der Waals surface area contributed by atoms with E-state index in [-0.39, 0.29) is 5.91 Å². The number of halogens is 1. The first-order valence-corrected chi connectivity index (χ1v) is 8.14. The first-order valence-electron chi connectivity index (χ1n) is 7.35. The average Bonchev–Trinajstić information content (AvgIpc) is 3.22. The van der Waals surface area contributed by atoms with Gasteiger partial charge in [0.05, 0.1) is 13.1 Å². The van der Waals surface area contributed by atoms with E-state index >= 15 is 0 Å². The Bertz CT molecular complexity index is 636. The summed E-state index contributed by atoms with van der Waals surface area (Å²) in [7, 11) is 0. The van der Waals surface area contributed by atoms with E-state index in [2.05, 4.69) is 41.7 Å². The Labute approximate surface area is 137 Å². The smallest absolute Gasteiger partial charge is 0.234 e. The highest BCUT2D eigenvalue weighted by molar-refractivity contribution is 9.10. The summed E-state index contributed by atoms with van der Waals surface area (Å²) in [6.07, 6.45) is 2.57. The van der Waals surface area contributed by atoms with E-state index in [1.165, 1.54) is 12.8 Å². The molecule has 1 amide bonds. The van der Waals surface area contributed by atoms with Crippen molar-refractivity contribution in [1.82, 2.24) is 25.8 Å². The number of carbonyl (C=O) groups is 1. The van der Waals surface area contributed by atoms with Gasteiger partial charge in [0.15, 0.2) is 5.82 Å². The maximum absolute atomic E-state index is 11.7. The topological polar surface area (TPSA) is 82.7 Å². The highest BCUT2D eigenvalue weighted by Gasteiger charge is 2.20. The molecule has 116 valence electrons. The number of carbonyl (C=O) groups excluding carboxylic acids is 1. The van der Waals surface area contributed by atoms with E-state index in [4.69, 9.17) is 0 Å². The van der Waals surface area contributed by atoms with Crippen LogP contribution in [0.3, 0.4) is 0 Å². The molecule has 0 unspecified atom stereocenters. The molecule has 6 nitrogen and oxygen atoms in total. The zero-order valence-electron chi connectivity index (χ0n) is 12.1. The summed E-state index contributed by atoms with van der Waals surface area (Å²) in [6.45, 7) is 1.64. The van der Waals surface area contributed by atoms with E-state index in [0.29, 0.717) is 24.7 Å². The standard InChI is InChI=1S/C15H18BrN5O/c16-12-5-3-11(4-6-12)15-19-13(20-21-15)8-18-14(22)9-17-7-10-1-2-10/h3-6,10,17H,1-2,7-9H2,(H,18,22)(H,19,20,21). The van der Waals surface area contributed by atoms with Crippen molar-refractivity contribution in [2.45, 2.75) is 19.4 Å². The molecule has 22 heavy (non-hydrogen) atoms. The fraction of sp³-hybridized carbons (Fsp3) is 0.400. The van der Waals surface area contributed by atoms with Crippen molar-refractivity contribution < 1.29 is 4.79 Å². The van der Waals surface area contributed by atoms with Gasteiger partial charge in [-0.3, -0.25) is 9.89 Å². The lowest BCUT2D eigenvalue weighted by Gasteiger charge is -2.04. The average molecular weight is 364 g/mol. The number of nitrogens with zero attached hydrogens (tertiary/aromatic N) is 2. The Balaban J connectivity index is 1.46. The van der Waals surface area contributed by atoms with Crippen molar-refractivity contribution in [2.24, 2.45) is 5.92 Å². The minimum absolute atomic E-state index is 0.0257. The van der Waals surface area contributed by atoms with Crippen molar-refractivity contribution in [2.75, 3.05) is 13.1 Å². The summed E-state index contributed by atoms with van der Waals surface area (Å²) in [6, 6.07) is 7.77. The van der Waals surface area contributed by atoms with Crippen LogP contribution in [0.4, 0.5) is 0 Å². The van der Waals surface area contributed by atoms with Crippen LogP contribution in [0.1, 0.15) is 18.7 Å². The molecule has 2 aromatic rings. The third-order valence-corrected chi connectivity index (χ3v) is 4.03. The third kappa shape index (κ3) is 4.38. The number of hydrogen-bond donors (Lipinski definition) is 3. The summed E-state index contributed by atoms with van der Waals surface area (Å²) in [5, 5.41) is 13.0. The summed E-state index contributed by atoms with van der Waals surface area (Å²) in [5.74, 6) is 2.02. The van der Waals surface area contributed by atoms with Gasteiger partial charge in [-0.2, -0.15) is 5.10 Å². The molecule has 1 saturated carbocycles. The Morgan fingerprint density at radius 2 is 2.09 bits per heavy atom. The Morgan fingerprint density at radius 3 is 2.82 bits per heavy atom. The first kappa shape index (κ1) is 15.2. The van der Waals surface area contributed by atoms with Crippen molar-refractivity contribution >= 4 is 21.8 Å². The largest absolute Gasteiger partial charge is 0.348 e. The fourth-order valence-corrected chi connectivity index (χ4v) is 2.32. The number of amides is 1. The molecule has 0 radical (unpaired) electrons. The van der Waals surface area contributed by atoms with Gasteiger partial charge in [-0.15, -0.1) is 0 Å². The number of aromatic nitrogens is 3. The molecule has 0 spiro atoms. The Hall–Kier alpha value is -1.73. The zero-order chi connectivity index (χ0) is 15.4. The predicted octanol–water partition coefficient (Wildman–Crippen LogP) is 1.85. The summed E-state index contributed by atoms with van der Waals surface area (Å²) >= 11 is 3.40. The second-order valence-corrected chi connectivity index (χ2v) is 6.38. The molecule has 7 heteroatoms. The monoisotopic (exact) mass is 363 g/mol. The molecule has 1 aromatic carbocycles. The number of hydrogen-bond acceptors (Lipinski definition) is 4. The van der Waals surface area contributed by atoms with Gasteiger partial charge in [0.2, 0.25) is 5.91 Å². The van der Waals surface area contributed by atoms with Crippen molar-refractivity contribution in [1.29, 1.82) is 0 Å². The maximum Gasteiger partial charge on any atom is 0.234 e. The number of benzene rings is 1. The van der Waals surface area contributed by atoms with Gasteiger partial charge in [0, 0.05) is 10.0 Å². The van der Waals surface area contributed by atoms with Crippen LogP contribution in [0.5, 0.6) is 0 Å². The highest BCUT2D eigenvalue weighted by Crippen LogP contribution is 2.27. The molecule has 3 rings (SSSR count). The van der Waals surface area contributed by atoms with Crippen LogP contribution in [0, 0.1) is 5.92 Å². The first-order chi connectivity index (χ1) is 10.7. The van der Waals surface area contributed by atoms with Crippen LogP contribution >= 0.6 is 15.9 Å². The zero-order valence-corrected chi connectivity index (χ0v) is 13.7. The molecule has 1 aliphatic rings. The Morgan fingerprint density at radius 1 is 1.32 bits per heavy atom. The second kappa shape index (κ2) is 7.02. The normalized spacial score (nSPS) is 14.0. The highest BCUT2D eigenvalue weighted by atomic mass is 79.9. The summed E-state index contributed by atoms with van der Waals surface area (Å²) < 4.78 is 1.01. The number of H-pyrrole nitrogens is 1. The molecule has 1 aliphatic carbocycles. The molecule has 0 bridgehead atoms. The lowest BCUT2D eigenvalue weighted by atomic mass is 10.2. The molecule has 3 N–H and O–H groups in total. The number of rotatable bonds is 7. The summed E-state index contributed by atoms with van der Waals surface area (Å²) in [4.78, 5) is 16.1. The molecule has 0 atom stereocenters. The molecule has 1 heterocycles. The van der Waals surface area contributed by atoms with E-state index in [1.807, 2.05) is 24.3 Å². The van der Waals surface area contributed by atoms with E-state index < -0.39 is 0 Å². The van der Waals surface area contributed by atoms with Crippen molar-refractivity contribution in [3.8, 4) is 11.4 Å². The van der Waals surface area contributed by atoms with Crippen molar-refractivity contribution in [3.63, 3.8) is 0 Å². The number of aromatic amines is 1. The minimum Gasteiger partial charge on any atom is -0.348 e. The van der Waals surface area contributed by atoms with Crippen LogP contribution in [0.15, 0.2) is 28.7 Å². The van der Waals surface area contributed by atoms with Crippen LogP contribution in [-0.4, -0.2) is 34.2 Å². The molecule has 0 aliphatic heterocycles. The maximum atomic E-state index is 11.7. The van der Waals surface area contributed by atoms with E-state index in [9.17, 15) is 4.79 Å². The lowest BCUT2D eigenvalue weighted by molar-refractivity contribution is -0.120. The van der Waals surface area contributed by atoms with Gasteiger partial charge >= 0.3 is 0 Å². The van der Waals surface area contributed by atoms with Crippen LogP contribution in [0.25, 0.3) is 11.4 Å². The van der Waals surface area contributed by atoms with Gasteiger partial charge in [-0.1, -0.05) is 28.1 Å². The quantitative estimate of drug-likeness (QED) is 0.700. The van der Waals surface area contributed by atoms with Crippen LogP contribution in [-0.2, 0) is 11.3 Å². The molecular formula is C15H18BrN5O. The lowest BCUT2D eigenvalue weighted by Crippen LogP contribution is -2.34. The second-order valence-electron chi connectivity index (χ2n) is 5.46. The molecular weight excluding hydrogens is 346 g/mol. The van der Waals surface area contributed by atoms with E-state index in [1.54, 1.807) is 0 Å². The van der Waals surface area contributed by atoms with Gasteiger partial charge in [-0.25, -0.2) is 4.98 Å². The van der Waals surface area contributed by atoms with Gasteiger partial charge in [0.1, 0.15) is 5.82 Å².